The van der Waals surface area contributed by atoms with E-state index >= 15 is 0 Å². The highest BCUT2D eigenvalue weighted by Crippen LogP contribution is 2.38. The SMILES string of the molecule is CC(NC(=O)C(NC(=O)[C@H](/C=C/c1ccc2ccc(CO)nc2c1)C(C)O[Si](C)(C)C(C)(C)C)C(C)C)C(=O)N1CCCC(C(=O)OCC(Cl)(Cl)Cl)N1. The number of amides is 3. The van der Waals surface area contributed by atoms with Crippen molar-refractivity contribution in [3.05, 3.63) is 47.7 Å². The van der Waals surface area contributed by atoms with Gasteiger partial charge in [0.2, 0.25) is 15.6 Å². The second-order valence-electron chi connectivity index (χ2n) is 15.4. The molecular weight excluding hydrogens is 761 g/mol. The number of aliphatic hydroxyl groups excluding tert-OH is 1. The summed E-state index contributed by atoms with van der Waals surface area (Å²) in [6.45, 7) is 17.3. The molecule has 2 heterocycles. The highest BCUT2D eigenvalue weighted by Gasteiger charge is 2.41. The van der Waals surface area contributed by atoms with Crippen molar-refractivity contribution in [3.8, 4) is 0 Å². The molecule has 1 saturated heterocycles. The third-order valence-electron chi connectivity index (χ3n) is 9.62. The van der Waals surface area contributed by atoms with Gasteiger partial charge in [-0.05, 0) is 68.4 Å². The Kier molecular flexibility index (Phi) is 15.7. The molecule has 1 aliphatic heterocycles. The van der Waals surface area contributed by atoms with E-state index in [1.54, 1.807) is 26.0 Å². The Bertz CT molecular complexity index is 1650. The van der Waals surface area contributed by atoms with Crippen molar-refractivity contribution in [2.75, 3.05) is 13.2 Å². The van der Waals surface area contributed by atoms with Gasteiger partial charge in [0, 0.05) is 11.9 Å². The van der Waals surface area contributed by atoms with Crippen LogP contribution >= 0.6 is 34.8 Å². The van der Waals surface area contributed by atoms with Crippen LogP contribution < -0.4 is 16.1 Å². The summed E-state index contributed by atoms with van der Waals surface area (Å²) in [6.07, 6.45) is 3.98. The molecule has 5 atom stereocenters. The van der Waals surface area contributed by atoms with E-state index < -0.39 is 72.6 Å². The maximum atomic E-state index is 14.1. The van der Waals surface area contributed by atoms with Crippen molar-refractivity contribution in [3.63, 3.8) is 0 Å². The molecule has 3 amide bonds. The molecule has 2 aromatic rings. The summed E-state index contributed by atoms with van der Waals surface area (Å²) in [5.74, 6) is -3.20. The highest BCUT2D eigenvalue weighted by molar-refractivity contribution is 6.74. The molecule has 53 heavy (non-hydrogen) atoms. The Morgan fingerprint density at radius 3 is 2.32 bits per heavy atom. The first-order valence-corrected chi connectivity index (χ1v) is 21.9. The number of alkyl halides is 3. The minimum absolute atomic E-state index is 0.114. The number of rotatable bonds is 14. The second kappa shape index (κ2) is 18.7. The minimum atomic E-state index is -2.31. The van der Waals surface area contributed by atoms with Crippen LogP contribution in [0, 0.1) is 11.8 Å². The summed E-state index contributed by atoms with van der Waals surface area (Å²) in [4.78, 5) is 58.2. The molecule has 1 fully saturated rings. The lowest BCUT2D eigenvalue weighted by Crippen LogP contribution is -2.61. The van der Waals surface area contributed by atoms with E-state index in [-0.39, 0.29) is 17.6 Å². The molecule has 0 spiro atoms. The summed E-state index contributed by atoms with van der Waals surface area (Å²) in [5, 5.41) is 17.3. The van der Waals surface area contributed by atoms with Crippen molar-refractivity contribution < 1.29 is 33.4 Å². The van der Waals surface area contributed by atoms with Gasteiger partial charge in [-0.3, -0.25) is 29.2 Å². The average molecular weight is 815 g/mol. The number of carbonyl (C=O) groups excluding carboxylic acids is 4. The van der Waals surface area contributed by atoms with Crippen LogP contribution in [0.5, 0.6) is 0 Å². The molecule has 1 aromatic heterocycles. The van der Waals surface area contributed by atoms with Gasteiger partial charge in [-0.25, -0.2) is 5.43 Å². The van der Waals surface area contributed by atoms with Crippen LogP contribution in [-0.4, -0.2) is 88.3 Å². The number of aliphatic hydroxyl groups is 1. The molecule has 0 bridgehead atoms. The van der Waals surface area contributed by atoms with Gasteiger partial charge < -0.3 is 24.9 Å². The van der Waals surface area contributed by atoms with E-state index in [1.807, 2.05) is 37.3 Å². The molecule has 0 saturated carbocycles. The monoisotopic (exact) mass is 813 g/mol. The van der Waals surface area contributed by atoms with Gasteiger partial charge in [0.25, 0.3) is 5.91 Å². The lowest BCUT2D eigenvalue weighted by molar-refractivity contribution is -0.152. The fourth-order valence-corrected chi connectivity index (χ4v) is 7.10. The van der Waals surface area contributed by atoms with Gasteiger partial charge >= 0.3 is 5.97 Å². The molecular formula is C37H54Cl3N5O7Si. The van der Waals surface area contributed by atoms with Crippen LogP contribution in [0.3, 0.4) is 0 Å². The zero-order chi connectivity index (χ0) is 39.9. The third kappa shape index (κ3) is 12.9. The molecule has 3 rings (SSSR count). The number of aromatic nitrogens is 1. The molecule has 16 heteroatoms. The number of fused-ring (bicyclic) bond motifs is 1. The van der Waals surface area contributed by atoms with Gasteiger partial charge in [0.1, 0.15) is 24.7 Å². The van der Waals surface area contributed by atoms with Gasteiger partial charge in [0.05, 0.1) is 29.8 Å². The molecule has 4 N–H and O–H groups in total. The quantitative estimate of drug-likeness (QED) is 0.105. The number of benzene rings is 1. The fraction of sp³-hybridized carbons (Fsp3) is 0.595. The van der Waals surface area contributed by atoms with E-state index in [1.165, 1.54) is 11.9 Å². The number of halogens is 3. The number of ether oxygens (including phenoxy) is 1. The maximum Gasteiger partial charge on any atom is 0.325 e. The maximum absolute atomic E-state index is 14.1. The highest BCUT2D eigenvalue weighted by atomic mass is 35.6. The summed E-state index contributed by atoms with van der Waals surface area (Å²) in [7, 11) is -2.31. The van der Waals surface area contributed by atoms with Crippen molar-refractivity contribution >= 4 is 83.8 Å². The van der Waals surface area contributed by atoms with E-state index in [2.05, 4.69) is 54.9 Å². The van der Waals surface area contributed by atoms with Crippen LogP contribution in [0.1, 0.15) is 72.6 Å². The number of hydrazine groups is 1. The van der Waals surface area contributed by atoms with Crippen LogP contribution in [0.4, 0.5) is 0 Å². The first-order chi connectivity index (χ1) is 24.5. The average Bonchev–Trinajstić information content (AvgIpc) is 3.07. The molecule has 12 nitrogen and oxygen atoms in total. The Balaban J connectivity index is 1.79. The van der Waals surface area contributed by atoms with E-state index in [9.17, 15) is 24.3 Å². The number of hydrogen-bond donors (Lipinski definition) is 4. The smallest absolute Gasteiger partial charge is 0.325 e. The second-order valence-corrected chi connectivity index (χ2v) is 22.7. The summed E-state index contributed by atoms with van der Waals surface area (Å²) in [6, 6.07) is 6.58. The number of nitrogens with zero attached hydrogens (tertiary/aromatic N) is 2. The lowest BCUT2D eigenvalue weighted by Gasteiger charge is -2.40. The van der Waals surface area contributed by atoms with E-state index in [4.69, 9.17) is 44.0 Å². The number of carbonyl (C=O) groups is 4. The molecule has 294 valence electrons. The fourth-order valence-electron chi connectivity index (χ4n) is 5.51. The number of pyridine rings is 1. The number of hydrogen-bond acceptors (Lipinski definition) is 9. The Morgan fingerprint density at radius 1 is 1.06 bits per heavy atom. The van der Waals surface area contributed by atoms with Crippen LogP contribution in [0.25, 0.3) is 17.0 Å². The van der Waals surface area contributed by atoms with Crippen LogP contribution in [-0.2, 0) is 34.9 Å². The first kappa shape index (κ1) is 44.6. The van der Waals surface area contributed by atoms with Crippen LogP contribution in [0.2, 0.25) is 18.1 Å². The topological polar surface area (TPSA) is 159 Å². The molecule has 1 aromatic carbocycles. The third-order valence-corrected chi connectivity index (χ3v) is 14.5. The number of nitrogens with one attached hydrogen (secondary N) is 3. The zero-order valence-corrected chi connectivity index (χ0v) is 35.2. The van der Waals surface area contributed by atoms with Crippen molar-refractivity contribution in [1.29, 1.82) is 0 Å². The van der Waals surface area contributed by atoms with Crippen molar-refractivity contribution in [2.24, 2.45) is 11.8 Å². The lowest BCUT2D eigenvalue weighted by atomic mass is 9.97. The molecule has 0 aliphatic carbocycles. The minimum Gasteiger partial charge on any atom is -0.460 e. The van der Waals surface area contributed by atoms with Crippen molar-refractivity contribution in [2.45, 2.75) is 114 Å². The summed E-state index contributed by atoms with van der Waals surface area (Å²) < 4.78 is 9.98. The van der Waals surface area contributed by atoms with E-state index in [0.29, 0.717) is 30.6 Å². The van der Waals surface area contributed by atoms with Crippen LogP contribution in [0.15, 0.2) is 36.4 Å². The zero-order valence-electron chi connectivity index (χ0n) is 32.0. The Morgan fingerprint density at radius 2 is 1.72 bits per heavy atom. The standard InChI is InChI=1S/C37H54Cl3N5O7Si/c1-22(2)31(33(48)41-23(3)34(49)45-18-10-11-29(44-45)35(50)51-21-37(38,39)40)43-32(47)28(24(4)52-53(8,9)36(5,6)7)17-13-25-12-14-26-15-16-27(20-46)42-30(26)19-25/h12-17,19,22-24,28-29,31,44,46H,10-11,18,20-21H2,1-9H3,(H,41,48)(H,43,47)/b17-13+/t23?,24?,28-,29?,31?/m1/s1. The van der Waals surface area contributed by atoms with Gasteiger partial charge in [-0.1, -0.05) is 99.8 Å². The Labute approximate surface area is 328 Å². The van der Waals surface area contributed by atoms with Crippen molar-refractivity contribution in [1.82, 2.24) is 26.1 Å². The summed E-state index contributed by atoms with van der Waals surface area (Å²) >= 11 is 17.1. The summed E-state index contributed by atoms with van der Waals surface area (Å²) in [5.41, 5.74) is 4.91. The first-order valence-electron chi connectivity index (χ1n) is 17.8. The predicted octanol–water partition coefficient (Wildman–Crippen LogP) is 5.82. The normalized spacial score (nSPS) is 18.1. The van der Waals surface area contributed by atoms with Gasteiger partial charge in [0.15, 0.2) is 8.32 Å². The van der Waals surface area contributed by atoms with Gasteiger partial charge in [-0.2, -0.15) is 0 Å². The molecule has 1 aliphatic rings. The largest absolute Gasteiger partial charge is 0.460 e. The Hall–Kier alpha value is -2.78. The van der Waals surface area contributed by atoms with Gasteiger partial charge in [-0.15, -0.1) is 0 Å². The predicted molar refractivity (Wildman–Crippen MR) is 211 cm³/mol. The van der Waals surface area contributed by atoms with E-state index in [0.717, 1.165) is 10.9 Å². The number of esters is 1. The molecule has 4 unspecified atom stereocenters. The molecule has 0 radical (unpaired) electrons.